The molecule has 1 saturated carbocycles. The zero-order valence-electron chi connectivity index (χ0n) is 6.64. The van der Waals surface area contributed by atoms with E-state index in [0.29, 0.717) is 0 Å². The maximum Gasteiger partial charge on any atom is 0.0825 e. The highest BCUT2D eigenvalue weighted by molar-refractivity contribution is 4.63. The van der Waals surface area contributed by atoms with Gasteiger partial charge in [-0.15, -0.1) is 0 Å². The minimum absolute atomic E-state index is 0.144. The minimum Gasteiger partial charge on any atom is -0.237 e. The Balaban J connectivity index is 2.15. The van der Waals surface area contributed by atoms with Crippen molar-refractivity contribution in [3.8, 4) is 0 Å². The standard InChI is InChI=1S/C9H17O/c10-8-7-9-5-3-1-2-4-6-9/h9H,1-8H2. The van der Waals surface area contributed by atoms with Gasteiger partial charge in [-0.05, 0) is 12.3 Å². The van der Waals surface area contributed by atoms with Crippen molar-refractivity contribution in [2.75, 3.05) is 6.61 Å². The summed E-state index contributed by atoms with van der Waals surface area (Å²) >= 11 is 0. The van der Waals surface area contributed by atoms with Crippen molar-refractivity contribution < 1.29 is 5.11 Å². The van der Waals surface area contributed by atoms with Crippen LogP contribution in [0.3, 0.4) is 0 Å². The van der Waals surface area contributed by atoms with E-state index in [9.17, 15) is 5.11 Å². The Morgan fingerprint density at radius 3 is 2.10 bits per heavy atom. The molecule has 10 heavy (non-hydrogen) atoms. The molecule has 0 N–H and O–H groups in total. The summed E-state index contributed by atoms with van der Waals surface area (Å²) in [7, 11) is 0. The van der Waals surface area contributed by atoms with Crippen LogP contribution in [0, 0.1) is 5.92 Å². The van der Waals surface area contributed by atoms with E-state index >= 15 is 0 Å². The highest BCUT2D eigenvalue weighted by atomic mass is 16.3. The molecule has 0 saturated heterocycles. The molecule has 0 spiro atoms. The summed E-state index contributed by atoms with van der Waals surface area (Å²) in [6.07, 6.45) is 9.10. The molecule has 0 aromatic rings. The summed E-state index contributed by atoms with van der Waals surface area (Å²) in [5, 5.41) is 10.3. The van der Waals surface area contributed by atoms with Crippen LogP contribution in [0.25, 0.3) is 0 Å². The van der Waals surface area contributed by atoms with E-state index in [1.54, 1.807) is 0 Å². The summed E-state index contributed by atoms with van der Waals surface area (Å²) in [6.45, 7) is 0.144. The first kappa shape index (κ1) is 8.06. The summed E-state index contributed by atoms with van der Waals surface area (Å²) in [6, 6.07) is 0. The Morgan fingerprint density at radius 2 is 1.60 bits per heavy atom. The van der Waals surface area contributed by atoms with Gasteiger partial charge in [-0.2, -0.15) is 0 Å². The largest absolute Gasteiger partial charge is 0.237 e. The Kier molecular flexibility index (Phi) is 3.81. The van der Waals surface area contributed by atoms with Crippen LogP contribution in [0.2, 0.25) is 0 Å². The molecule has 0 atom stereocenters. The van der Waals surface area contributed by atoms with E-state index in [4.69, 9.17) is 0 Å². The molecule has 1 heteroatoms. The van der Waals surface area contributed by atoms with Gasteiger partial charge >= 0.3 is 0 Å². The van der Waals surface area contributed by atoms with Crippen LogP contribution in [0.4, 0.5) is 0 Å². The lowest BCUT2D eigenvalue weighted by atomic mass is 9.97. The SMILES string of the molecule is [O]CCC1CCCCCC1. The average molecular weight is 141 g/mol. The minimum atomic E-state index is 0.144. The van der Waals surface area contributed by atoms with Gasteiger partial charge in [-0.3, -0.25) is 0 Å². The maximum absolute atomic E-state index is 10.3. The van der Waals surface area contributed by atoms with E-state index in [1.165, 1.54) is 38.5 Å². The Morgan fingerprint density at radius 1 is 1.00 bits per heavy atom. The molecule has 0 bridgehead atoms. The summed E-state index contributed by atoms with van der Waals surface area (Å²) in [5.74, 6) is 0.778. The maximum atomic E-state index is 10.3. The highest BCUT2D eigenvalue weighted by Gasteiger charge is 2.10. The fourth-order valence-corrected chi connectivity index (χ4v) is 1.82. The summed E-state index contributed by atoms with van der Waals surface area (Å²) < 4.78 is 0. The highest BCUT2D eigenvalue weighted by Crippen LogP contribution is 2.24. The molecule has 0 aromatic carbocycles. The fourth-order valence-electron chi connectivity index (χ4n) is 1.82. The van der Waals surface area contributed by atoms with Crippen LogP contribution in [0.1, 0.15) is 44.9 Å². The second-order valence-corrected chi connectivity index (χ2v) is 3.35. The van der Waals surface area contributed by atoms with Crippen molar-refractivity contribution in [3.05, 3.63) is 0 Å². The monoisotopic (exact) mass is 141 g/mol. The molecule has 1 rings (SSSR count). The topological polar surface area (TPSA) is 19.9 Å². The van der Waals surface area contributed by atoms with Crippen molar-refractivity contribution in [3.63, 3.8) is 0 Å². The number of rotatable bonds is 2. The Hall–Kier alpha value is -0.0400. The zero-order chi connectivity index (χ0) is 7.23. The smallest absolute Gasteiger partial charge is 0.0825 e. The van der Waals surface area contributed by atoms with Crippen molar-refractivity contribution in [2.45, 2.75) is 44.9 Å². The number of hydrogen-bond acceptors (Lipinski definition) is 0. The molecular weight excluding hydrogens is 124 g/mol. The predicted molar refractivity (Wildman–Crippen MR) is 41.4 cm³/mol. The first-order valence-electron chi connectivity index (χ1n) is 4.51. The first-order chi connectivity index (χ1) is 4.93. The van der Waals surface area contributed by atoms with Gasteiger partial charge in [-0.1, -0.05) is 38.5 Å². The normalized spacial score (nSPS) is 22.5. The van der Waals surface area contributed by atoms with Gasteiger partial charge in [0.2, 0.25) is 0 Å². The molecule has 0 aliphatic heterocycles. The van der Waals surface area contributed by atoms with Gasteiger partial charge in [0.15, 0.2) is 0 Å². The predicted octanol–water partition coefficient (Wildman–Crippen LogP) is 2.78. The molecule has 1 radical (unpaired) electrons. The zero-order valence-corrected chi connectivity index (χ0v) is 6.64. The molecule has 0 heterocycles. The second-order valence-electron chi connectivity index (χ2n) is 3.35. The van der Waals surface area contributed by atoms with Crippen LogP contribution in [0.5, 0.6) is 0 Å². The molecule has 1 aliphatic rings. The quantitative estimate of drug-likeness (QED) is 0.527. The molecular formula is C9H17O. The van der Waals surface area contributed by atoms with Crippen molar-refractivity contribution in [1.82, 2.24) is 0 Å². The number of hydrogen-bond donors (Lipinski definition) is 0. The van der Waals surface area contributed by atoms with Gasteiger partial charge in [-0.25, -0.2) is 5.11 Å². The van der Waals surface area contributed by atoms with Gasteiger partial charge in [0.25, 0.3) is 0 Å². The molecule has 0 unspecified atom stereocenters. The fraction of sp³-hybridized carbons (Fsp3) is 1.00. The third-order valence-corrected chi connectivity index (χ3v) is 2.50. The van der Waals surface area contributed by atoms with E-state index in [0.717, 1.165) is 12.3 Å². The Bertz CT molecular complexity index is 72.8. The van der Waals surface area contributed by atoms with Crippen LogP contribution < -0.4 is 0 Å². The second kappa shape index (κ2) is 4.73. The molecule has 0 amide bonds. The van der Waals surface area contributed by atoms with E-state index in [2.05, 4.69) is 0 Å². The average Bonchev–Trinajstić information content (AvgIpc) is 2.17. The molecule has 59 valence electrons. The van der Waals surface area contributed by atoms with Gasteiger partial charge in [0.05, 0.1) is 6.61 Å². The molecule has 0 aromatic heterocycles. The van der Waals surface area contributed by atoms with E-state index < -0.39 is 0 Å². The lowest BCUT2D eigenvalue weighted by Crippen LogP contribution is -2.00. The van der Waals surface area contributed by atoms with E-state index in [-0.39, 0.29) is 6.61 Å². The van der Waals surface area contributed by atoms with Crippen LogP contribution >= 0.6 is 0 Å². The summed E-state index contributed by atoms with van der Waals surface area (Å²) in [4.78, 5) is 0. The lowest BCUT2D eigenvalue weighted by molar-refractivity contribution is 0.166. The molecule has 1 fully saturated rings. The van der Waals surface area contributed by atoms with Crippen LogP contribution in [-0.2, 0) is 5.11 Å². The molecule has 1 aliphatic carbocycles. The lowest BCUT2D eigenvalue weighted by Gasteiger charge is -2.09. The van der Waals surface area contributed by atoms with Crippen molar-refractivity contribution in [2.24, 2.45) is 5.92 Å². The van der Waals surface area contributed by atoms with Crippen LogP contribution in [0.15, 0.2) is 0 Å². The van der Waals surface area contributed by atoms with E-state index in [1.807, 2.05) is 0 Å². The third kappa shape index (κ3) is 2.70. The first-order valence-corrected chi connectivity index (χ1v) is 4.51. The van der Waals surface area contributed by atoms with Gasteiger partial charge in [0.1, 0.15) is 0 Å². The van der Waals surface area contributed by atoms with Crippen LogP contribution in [-0.4, -0.2) is 6.61 Å². The van der Waals surface area contributed by atoms with Crippen molar-refractivity contribution in [1.29, 1.82) is 0 Å². The third-order valence-electron chi connectivity index (χ3n) is 2.50. The Labute approximate surface area is 63.4 Å². The summed E-state index contributed by atoms with van der Waals surface area (Å²) in [5.41, 5.74) is 0. The molecule has 1 nitrogen and oxygen atoms in total. The van der Waals surface area contributed by atoms with Gasteiger partial charge < -0.3 is 0 Å². The van der Waals surface area contributed by atoms with Gasteiger partial charge in [0, 0.05) is 0 Å². The van der Waals surface area contributed by atoms with Crippen molar-refractivity contribution >= 4 is 0 Å².